The van der Waals surface area contributed by atoms with Crippen LogP contribution in [0.3, 0.4) is 0 Å². The molecule has 20 heavy (non-hydrogen) atoms. The minimum atomic E-state index is -0.970. The van der Waals surface area contributed by atoms with Gasteiger partial charge in [0.25, 0.3) is 0 Å². The van der Waals surface area contributed by atoms with E-state index in [9.17, 15) is 14.7 Å². The zero-order chi connectivity index (χ0) is 14.1. The number of aromatic nitrogens is 2. The van der Waals surface area contributed by atoms with Crippen LogP contribution >= 0.6 is 0 Å². The third kappa shape index (κ3) is 2.29. The molecule has 1 aromatic heterocycles. The van der Waals surface area contributed by atoms with Crippen LogP contribution in [0.15, 0.2) is 6.33 Å². The molecule has 1 aromatic rings. The molecule has 7 heteroatoms. The summed E-state index contributed by atoms with van der Waals surface area (Å²) in [6, 6.07) is -1.07. The number of aliphatic carboxylic acids is 1. The van der Waals surface area contributed by atoms with E-state index in [1.165, 1.54) is 4.90 Å². The number of carboxylic acids is 1. The summed E-state index contributed by atoms with van der Waals surface area (Å²) in [7, 11) is 0. The Morgan fingerprint density at radius 3 is 2.95 bits per heavy atom. The van der Waals surface area contributed by atoms with Crippen LogP contribution in [0.4, 0.5) is 0 Å². The van der Waals surface area contributed by atoms with Crippen molar-refractivity contribution in [2.45, 2.75) is 44.3 Å². The van der Waals surface area contributed by atoms with E-state index in [0.29, 0.717) is 6.54 Å². The lowest BCUT2D eigenvalue weighted by Crippen LogP contribution is -2.55. The molecular formula is C13H18N4O3. The Hall–Kier alpha value is -1.89. The van der Waals surface area contributed by atoms with E-state index in [4.69, 9.17) is 0 Å². The number of piperidine rings is 1. The number of nitrogens with one attached hydrogen (secondary N) is 2. The van der Waals surface area contributed by atoms with Crippen LogP contribution in [0.2, 0.25) is 0 Å². The maximum atomic E-state index is 12.6. The third-order valence-electron chi connectivity index (χ3n) is 4.08. The third-order valence-corrected chi connectivity index (χ3v) is 4.08. The van der Waals surface area contributed by atoms with Gasteiger partial charge in [-0.1, -0.05) is 6.42 Å². The summed E-state index contributed by atoms with van der Waals surface area (Å²) >= 11 is 0. The molecule has 0 bridgehead atoms. The number of aromatic amines is 1. The summed E-state index contributed by atoms with van der Waals surface area (Å²) in [6.45, 7) is 1.11. The van der Waals surface area contributed by atoms with Gasteiger partial charge in [0.05, 0.1) is 30.3 Å². The summed E-state index contributed by atoms with van der Waals surface area (Å²) in [4.78, 5) is 32.6. The fourth-order valence-electron chi connectivity index (χ4n) is 2.95. The summed E-state index contributed by atoms with van der Waals surface area (Å²) < 4.78 is 0. The molecule has 1 amide bonds. The molecule has 3 N–H and O–H groups in total. The highest BCUT2D eigenvalue weighted by Gasteiger charge is 2.38. The molecule has 3 heterocycles. The normalized spacial score (nSPS) is 26.1. The van der Waals surface area contributed by atoms with E-state index < -0.39 is 12.0 Å². The second-order valence-electron chi connectivity index (χ2n) is 5.35. The number of carbonyl (C=O) groups excluding carboxylic acids is 1. The second-order valence-corrected chi connectivity index (χ2v) is 5.35. The summed E-state index contributed by atoms with van der Waals surface area (Å²) in [5.74, 6) is -1.08. The first-order chi connectivity index (χ1) is 9.66. The van der Waals surface area contributed by atoms with Gasteiger partial charge in [-0.25, -0.2) is 9.78 Å². The van der Waals surface area contributed by atoms with E-state index in [0.717, 1.165) is 37.2 Å². The van der Waals surface area contributed by atoms with E-state index in [-0.39, 0.29) is 18.4 Å². The SMILES string of the molecule is O=C(O)C1Cc2nc[nH]c2CN1C(=O)C1CCCCN1. The largest absolute Gasteiger partial charge is 0.480 e. The van der Waals surface area contributed by atoms with Gasteiger partial charge in [0.2, 0.25) is 5.91 Å². The van der Waals surface area contributed by atoms with Crippen molar-refractivity contribution in [1.29, 1.82) is 0 Å². The fraction of sp³-hybridized carbons (Fsp3) is 0.615. The Morgan fingerprint density at radius 1 is 1.40 bits per heavy atom. The van der Waals surface area contributed by atoms with Crippen molar-refractivity contribution in [2.24, 2.45) is 0 Å². The average Bonchev–Trinajstić information content (AvgIpc) is 2.93. The van der Waals surface area contributed by atoms with Gasteiger partial charge < -0.3 is 20.3 Å². The van der Waals surface area contributed by atoms with Crippen molar-refractivity contribution in [3.63, 3.8) is 0 Å². The van der Waals surface area contributed by atoms with Crippen LogP contribution in [0.5, 0.6) is 0 Å². The zero-order valence-electron chi connectivity index (χ0n) is 11.1. The van der Waals surface area contributed by atoms with Gasteiger partial charge in [-0.15, -0.1) is 0 Å². The van der Waals surface area contributed by atoms with Crippen molar-refractivity contribution in [3.05, 3.63) is 17.7 Å². The van der Waals surface area contributed by atoms with Crippen molar-refractivity contribution < 1.29 is 14.7 Å². The number of imidazole rings is 1. The van der Waals surface area contributed by atoms with Crippen LogP contribution in [-0.2, 0) is 22.6 Å². The highest BCUT2D eigenvalue weighted by atomic mass is 16.4. The quantitative estimate of drug-likeness (QED) is 0.701. The molecule has 2 unspecified atom stereocenters. The standard InChI is InChI=1S/C13H18N4O3/c18-12(8-3-1-2-4-14-8)17-6-10-9(15-7-16-10)5-11(17)13(19)20/h7-8,11,14H,1-6H2,(H,15,16)(H,19,20). The predicted octanol–water partition coefficient (Wildman–Crippen LogP) is -0.110. The number of nitrogens with zero attached hydrogens (tertiary/aromatic N) is 2. The zero-order valence-corrected chi connectivity index (χ0v) is 11.1. The minimum Gasteiger partial charge on any atom is -0.480 e. The number of amides is 1. The van der Waals surface area contributed by atoms with Crippen molar-refractivity contribution in [3.8, 4) is 0 Å². The predicted molar refractivity (Wildman–Crippen MR) is 69.9 cm³/mol. The van der Waals surface area contributed by atoms with E-state index >= 15 is 0 Å². The smallest absolute Gasteiger partial charge is 0.326 e. The Balaban J connectivity index is 1.82. The number of carboxylic acid groups (broad SMARTS) is 1. The topological polar surface area (TPSA) is 98.3 Å². The summed E-state index contributed by atoms with van der Waals surface area (Å²) in [6.07, 6.45) is 4.67. The maximum Gasteiger partial charge on any atom is 0.326 e. The molecule has 2 aliphatic rings. The minimum absolute atomic E-state index is 0.114. The monoisotopic (exact) mass is 278 g/mol. The van der Waals surface area contributed by atoms with Crippen molar-refractivity contribution in [2.75, 3.05) is 6.54 Å². The van der Waals surface area contributed by atoms with E-state index in [1.807, 2.05) is 0 Å². The van der Waals surface area contributed by atoms with Crippen molar-refractivity contribution in [1.82, 2.24) is 20.2 Å². The summed E-state index contributed by atoms with van der Waals surface area (Å²) in [5, 5.41) is 12.6. The van der Waals surface area contributed by atoms with Gasteiger partial charge in [-0.3, -0.25) is 4.79 Å². The lowest BCUT2D eigenvalue weighted by molar-refractivity contribution is -0.152. The van der Waals surface area contributed by atoms with Crippen LogP contribution in [-0.4, -0.2) is 50.5 Å². The first-order valence-electron chi connectivity index (χ1n) is 6.94. The molecule has 0 spiro atoms. The van der Waals surface area contributed by atoms with Gasteiger partial charge in [0.1, 0.15) is 6.04 Å². The number of carbonyl (C=O) groups is 2. The number of H-pyrrole nitrogens is 1. The van der Waals surface area contributed by atoms with Gasteiger partial charge in [-0.05, 0) is 19.4 Å². The van der Waals surface area contributed by atoms with E-state index in [1.54, 1.807) is 6.33 Å². The maximum absolute atomic E-state index is 12.6. The Kier molecular flexibility index (Phi) is 3.43. The number of rotatable bonds is 2. The highest BCUT2D eigenvalue weighted by molar-refractivity contribution is 5.87. The molecule has 0 saturated carbocycles. The van der Waals surface area contributed by atoms with Gasteiger partial charge in [0.15, 0.2) is 0 Å². The molecule has 3 rings (SSSR count). The molecule has 7 nitrogen and oxygen atoms in total. The summed E-state index contributed by atoms with van der Waals surface area (Å²) in [5.41, 5.74) is 1.59. The van der Waals surface area contributed by atoms with Gasteiger partial charge in [0, 0.05) is 6.42 Å². The molecule has 0 radical (unpaired) electrons. The van der Waals surface area contributed by atoms with Crippen molar-refractivity contribution >= 4 is 11.9 Å². The fourth-order valence-corrected chi connectivity index (χ4v) is 2.95. The number of hydrogen-bond acceptors (Lipinski definition) is 4. The lowest BCUT2D eigenvalue weighted by Gasteiger charge is -2.36. The second kappa shape index (κ2) is 5.24. The first kappa shape index (κ1) is 13.1. The van der Waals surface area contributed by atoms with Gasteiger partial charge in [-0.2, -0.15) is 0 Å². The Morgan fingerprint density at radius 2 is 2.25 bits per heavy atom. The lowest BCUT2D eigenvalue weighted by atomic mass is 9.98. The Bertz CT molecular complexity index is 521. The molecule has 0 aromatic carbocycles. The van der Waals surface area contributed by atoms with Crippen LogP contribution < -0.4 is 5.32 Å². The molecule has 1 saturated heterocycles. The molecule has 108 valence electrons. The van der Waals surface area contributed by atoms with Crippen LogP contribution in [0, 0.1) is 0 Å². The molecule has 0 aliphatic carbocycles. The first-order valence-corrected chi connectivity index (χ1v) is 6.94. The highest BCUT2D eigenvalue weighted by Crippen LogP contribution is 2.23. The van der Waals surface area contributed by atoms with Gasteiger partial charge >= 0.3 is 5.97 Å². The molecular weight excluding hydrogens is 260 g/mol. The molecule has 2 atom stereocenters. The van der Waals surface area contributed by atoms with Crippen LogP contribution in [0.25, 0.3) is 0 Å². The number of hydrogen-bond donors (Lipinski definition) is 3. The van der Waals surface area contributed by atoms with Crippen LogP contribution in [0.1, 0.15) is 30.7 Å². The van der Waals surface area contributed by atoms with E-state index in [2.05, 4.69) is 15.3 Å². The molecule has 1 fully saturated rings. The number of fused-ring (bicyclic) bond motifs is 1. The molecule has 2 aliphatic heterocycles. The Labute approximate surface area is 116 Å². The average molecular weight is 278 g/mol.